The molecular weight excluding hydrogens is 220 g/mol. The molecule has 0 atom stereocenters. The highest BCUT2D eigenvalue weighted by molar-refractivity contribution is 4.94. The van der Waals surface area contributed by atoms with Crippen molar-refractivity contribution in [3.05, 3.63) is 11.6 Å². The van der Waals surface area contributed by atoms with E-state index in [1.165, 1.54) is 0 Å². The Morgan fingerprint density at radius 3 is 2.41 bits per heavy atom. The largest absolute Gasteiger partial charge is 0.383 e. The summed E-state index contributed by atoms with van der Waals surface area (Å²) in [5.41, 5.74) is 5.42. The average Bonchev–Trinajstić information content (AvgIpc) is 2.64. The van der Waals surface area contributed by atoms with E-state index in [0.717, 1.165) is 11.6 Å². The molecule has 0 aliphatic heterocycles. The minimum Gasteiger partial charge on any atom is -0.383 e. The zero-order valence-corrected chi connectivity index (χ0v) is 11.1. The molecule has 17 heavy (non-hydrogen) atoms. The molecule has 1 heterocycles. The Hall–Kier alpha value is -0.980. The minimum atomic E-state index is -0.194. The van der Waals surface area contributed by atoms with E-state index in [4.69, 9.17) is 15.2 Å². The second kappa shape index (κ2) is 6.09. The van der Waals surface area contributed by atoms with Crippen molar-refractivity contribution in [1.29, 1.82) is 0 Å². The summed E-state index contributed by atoms with van der Waals surface area (Å²) in [5, 5.41) is 8.14. The van der Waals surface area contributed by atoms with Crippen molar-refractivity contribution in [1.82, 2.24) is 14.8 Å². The van der Waals surface area contributed by atoms with E-state index in [0.29, 0.717) is 26.3 Å². The lowest BCUT2D eigenvalue weighted by Crippen LogP contribution is -2.21. The summed E-state index contributed by atoms with van der Waals surface area (Å²) in [6.07, 6.45) is 0. The third-order valence-electron chi connectivity index (χ3n) is 2.24. The van der Waals surface area contributed by atoms with Gasteiger partial charge in [0.05, 0.1) is 18.8 Å². The average molecular weight is 242 g/mol. The molecule has 98 valence electrons. The number of methoxy groups -OCH3 is 1. The highest BCUT2D eigenvalue weighted by atomic mass is 16.5. The Labute approximate surface area is 102 Å². The molecule has 0 spiro atoms. The van der Waals surface area contributed by atoms with Gasteiger partial charge in [0.15, 0.2) is 5.82 Å². The lowest BCUT2D eigenvalue weighted by atomic mass is 10.2. The van der Waals surface area contributed by atoms with E-state index in [1.54, 1.807) is 7.11 Å². The van der Waals surface area contributed by atoms with Crippen LogP contribution in [0, 0.1) is 0 Å². The molecule has 6 nitrogen and oxygen atoms in total. The number of hydrogen-bond donors (Lipinski definition) is 1. The van der Waals surface area contributed by atoms with E-state index in [-0.39, 0.29) is 5.60 Å². The standard InChI is InChI=1S/C11H22N4O2/c1-11(2,3)17-8-10-14-13-9(7-12)15(10)5-6-16-4/h5-8,12H2,1-4H3. The van der Waals surface area contributed by atoms with Gasteiger partial charge in [-0.05, 0) is 20.8 Å². The molecule has 0 saturated carbocycles. The molecule has 1 aromatic heterocycles. The Balaban J connectivity index is 2.73. The van der Waals surface area contributed by atoms with E-state index < -0.39 is 0 Å². The van der Waals surface area contributed by atoms with E-state index in [1.807, 2.05) is 25.3 Å². The van der Waals surface area contributed by atoms with Crippen LogP contribution < -0.4 is 5.73 Å². The summed E-state index contributed by atoms with van der Waals surface area (Å²) in [6.45, 7) is 8.12. The zero-order chi connectivity index (χ0) is 12.9. The molecule has 0 bridgehead atoms. The van der Waals surface area contributed by atoms with Gasteiger partial charge in [0.25, 0.3) is 0 Å². The van der Waals surface area contributed by atoms with Crippen LogP contribution in [-0.4, -0.2) is 34.1 Å². The van der Waals surface area contributed by atoms with Gasteiger partial charge in [0.1, 0.15) is 12.4 Å². The highest BCUT2D eigenvalue weighted by Crippen LogP contribution is 2.11. The quantitative estimate of drug-likeness (QED) is 0.794. The number of rotatable bonds is 6. The van der Waals surface area contributed by atoms with Crippen LogP contribution in [0.25, 0.3) is 0 Å². The summed E-state index contributed by atoms with van der Waals surface area (Å²) in [4.78, 5) is 0. The van der Waals surface area contributed by atoms with Crippen LogP contribution in [0.15, 0.2) is 0 Å². The number of aromatic nitrogens is 3. The molecule has 0 aromatic carbocycles. The third kappa shape index (κ3) is 4.41. The second-order valence-electron chi connectivity index (χ2n) is 4.78. The van der Waals surface area contributed by atoms with Crippen LogP contribution in [0.4, 0.5) is 0 Å². The van der Waals surface area contributed by atoms with Crippen LogP contribution >= 0.6 is 0 Å². The first-order chi connectivity index (χ1) is 7.98. The molecule has 0 aliphatic carbocycles. The monoisotopic (exact) mass is 242 g/mol. The molecule has 6 heteroatoms. The summed E-state index contributed by atoms with van der Waals surface area (Å²) in [7, 11) is 1.66. The topological polar surface area (TPSA) is 75.2 Å². The Morgan fingerprint density at radius 1 is 1.24 bits per heavy atom. The second-order valence-corrected chi connectivity index (χ2v) is 4.78. The number of nitrogens with zero attached hydrogens (tertiary/aromatic N) is 3. The van der Waals surface area contributed by atoms with Crippen molar-refractivity contribution >= 4 is 0 Å². The molecule has 0 radical (unpaired) electrons. The van der Waals surface area contributed by atoms with Gasteiger partial charge < -0.3 is 19.8 Å². The van der Waals surface area contributed by atoms with Gasteiger partial charge in [-0.25, -0.2) is 0 Å². The van der Waals surface area contributed by atoms with Gasteiger partial charge >= 0.3 is 0 Å². The summed E-state index contributed by atoms with van der Waals surface area (Å²) >= 11 is 0. The van der Waals surface area contributed by atoms with Gasteiger partial charge in [-0.2, -0.15) is 0 Å². The van der Waals surface area contributed by atoms with E-state index in [9.17, 15) is 0 Å². The molecular formula is C11H22N4O2. The van der Waals surface area contributed by atoms with Crippen molar-refractivity contribution < 1.29 is 9.47 Å². The van der Waals surface area contributed by atoms with Crippen LogP contribution in [0.2, 0.25) is 0 Å². The number of ether oxygens (including phenoxy) is 2. The lowest BCUT2D eigenvalue weighted by Gasteiger charge is -2.19. The maximum atomic E-state index is 5.69. The van der Waals surface area contributed by atoms with Crippen molar-refractivity contribution in [2.24, 2.45) is 5.73 Å². The van der Waals surface area contributed by atoms with E-state index >= 15 is 0 Å². The molecule has 0 fully saturated rings. The van der Waals surface area contributed by atoms with Gasteiger partial charge in [-0.3, -0.25) is 0 Å². The summed E-state index contributed by atoms with van der Waals surface area (Å²) < 4.78 is 12.7. The smallest absolute Gasteiger partial charge is 0.159 e. The van der Waals surface area contributed by atoms with Gasteiger partial charge in [-0.1, -0.05) is 0 Å². The van der Waals surface area contributed by atoms with Crippen LogP contribution in [0.3, 0.4) is 0 Å². The molecule has 1 rings (SSSR count). The van der Waals surface area contributed by atoms with Crippen LogP contribution in [0.1, 0.15) is 32.4 Å². The first-order valence-electron chi connectivity index (χ1n) is 5.72. The van der Waals surface area contributed by atoms with Crippen LogP contribution in [0.5, 0.6) is 0 Å². The first kappa shape index (κ1) is 14.1. The Bertz CT molecular complexity index is 344. The SMILES string of the molecule is COCCn1c(CN)nnc1COC(C)(C)C. The summed E-state index contributed by atoms with van der Waals surface area (Å²) in [5.74, 6) is 1.55. The van der Waals surface area contributed by atoms with Crippen molar-refractivity contribution in [2.45, 2.75) is 46.1 Å². The van der Waals surface area contributed by atoms with Crippen molar-refractivity contribution in [3.8, 4) is 0 Å². The summed E-state index contributed by atoms with van der Waals surface area (Å²) in [6, 6.07) is 0. The van der Waals surface area contributed by atoms with E-state index in [2.05, 4.69) is 10.2 Å². The highest BCUT2D eigenvalue weighted by Gasteiger charge is 2.15. The maximum Gasteiger partial charge on any atom is 0.159 e. The molecule has 0 saturated heterocycles. The zero-order valence-electron chi connectivity index (χ0n) is 11.1. The predicted molar refractivity (Wildman–Crippen MR) is 64.3 cm³/mol. The van der Waals surface area contributed by atoms with Gasteiger partial charge in [-0.15, -0.1) is 10.2 Å². The fourth-order valence-corrected chi connectivity index (χ4v) is 1.35. The number of nitrogens with two attached hydrogens (primary N) is 1. The predicted octanol–water partition coefficient (Wildman–Crippen LogP) is 0.698. The first-order valence-corrected chi connectivity index (χ1v) is 5.72. The van der Waals surface area contributed by atoms with Crippen molar-refractivity contribution in [2.75, 3.05) is 13.7 Å². The molecule has 2 N–H and O–H groups in total. The van der Waals surface area contributed by atoms with Gasteiger partial charge in [0.2, 0.25) is 0 Å². The van der Waals surface area contributed by atoms with Crippen molar-refractivity contribution in [3.63, 3.8) is 0 Å². The number of hydrogen-bond acceptors (Lipinski definition) is 5. The Kier molecular flexibility index (Phi) is 5.04. The van der Waals surface area contributed by atoms with Gasteiger partial charge in [0, 0.05) is 13.7 Å². The molecule has 0 aliphatic rings. The lowest BCUT2D eigenvalue weighted by molar-refractivity contribution is -0.0197. The molecule has 1 aromatic rings. The fraction of sp³-hybridized carbons (Fsp3) is 0.818. The minimum absolute atomic E-state index is 0.194. The third-order valence-corrected chi connectivity index (χ3v) is 2.24. The maximum absolute atomic E-state index is 5.69. The molecule has 0 amide bonds. The Morgan fingerprint density at radius 2 is 1.88 bits per heavy atom. The fourth-order valence-electron chi connectivity index (χ4n) is 1.35. The normalized spacial score (nSPS) is 12.1. The van der Waals surface area contributed by atoms with Crippen LogP contribution in [-0.2, 0) is 29.2 Å². The molecule has 0 unspecified atom stereocenters.